The molecule has 0 N–H and O–H groups in total. The number of benzene rings is 3. The molecule has 0 saturated carbocycles. The van der Waals surface area contributed by atoms with Crippen molar-refractivity contribution in [3.8, 4) is 40.3 Å². The molecule has 0 spiro atoms. The maximum Gasteiger partial charge on any atom is 0.339 e. The fourth-order valence-corrected chi connectivity index (χ4v) is 4.27. The Morgan fingerprint density at radius 2 is 1.68 bits per heavy atom. The second-order valence-electron chi connectivity index (χ2n) is 8.37. The molecular formula is C29H22N4O4. The first-order valence-electron chi connectivity index (χ1n) is 11.5. The summed E-state index contributed by atoms with van der Waals surface area (Å²) in [5.74, 6) is 0.982. The molecule has 8 heteroatoms. The third-order valence-corrected chi connectivity index (χ3v) is 5.98. The lowest BCUT2D eigenvalue weighted by Gasteiger charge is -2.19. The summed E-state index contributed by atoms with van der Waals surface area (Å²) in [5.41, 5.74) is 0.537. The molecule has 182 valence electrons. The van der Waals surface area contributed by atoms with E-state index in [1.165, 1.54) is 10.8 Å². The molecule has 0 atom stereocenters. The van der Waals surface area contributed by atoms with Crippen LogP contribution in [0.3, 0.4) is 0 Å². The number of aromatic nitrogens is 3. The van der Waals surface area contributed by atoms with Crippen molar-refractivity contribution < 1.29 is 9.47 Å². The van der Waals surface area contributed by atoms with Crippen LogP contribution < -0.4 is 20.7 Å². The van der Waals surface area contributed by atoms with E-state index in [0.717, 1.165) is 20.9 Å². The molecule has 0 fully saturated rings. The second-order valence-corrected chi connectivity index (χ2v) is 8.37. The molecule has 0 bridgehead atoms. The van der Waals surface area contributed by atoms with Crippen molar-refractivity contribution in [2.24, 2.45) is 0 Å². The van der Waals surface area contributed by atoms with E-state index in [1.54, 1.807) is 49.7 Å². The van der Waals surface area contributed by atoms with Gasteiger partial charge in [0.15, 0.2) is 0 Å². The van der Waals surface area contributed by atoms with Gasteiger partial charge in [-0.1, -0.05) is 42.5 Å². The zero-order valence-electron chi connectivity index (χ0n) is 20.2. The normalized spacial score (nSPS) is 10.7. The van der Waals surface area contributed by atoms with Gasteiger partial charge in [-0.25, -0.2) is 13.9 Å². The third-order valence-electron chi connectivity index (χ3n) is 5.98. The Morgan fingerprint density at radius 3 is 2.41 bits per heavy atom. The smallest absolute Gasteiger partial charge is 0.339 e. The van der Waals surface area contributed by atoms with E-state index >= 15 is 0 Å². The summed E-state index contributed by atoms with van der Waals surface area (Å²) in [4.78, 5) is 32.0. The van der Waals surface area contributed by atoms with Gasteiger partial charge < -0.3 is 9.47 Å². The number of pyridine rings is 1. The van der Waals surface area contributed by atoms with Crippen LogP contribution in [0.4, 0.5) is 0 Å². The monoisotopic (exact) mass is 490 g/mol. The molecule has 2 aromatic heterocycles. The van der Waals surface area contributed by atoms with E-state index in [-0.39, 0.29) is 18.0 Å². The number of hydrogen-bond donors (Lipinski definition) is 0. The van der Waals surface area contributed by atoms with Gasteiger partial charge in [0.05, 0.1) is 25.1 Å². The zero-order chi connectivity index (χ0) is 25.9. The van der Waals surface area contributed by atoms with Crippen LogP contribution in [0.2, 0.25) is 0 Å². The van der Waals surface area contributed by atoms with E-state index < -0.39 is 11.2 Å². The summed E-state index contributed by atoms with van der Waals surface area (Å²) < 4.78 is 13.6. The first-order chi connectivity index (χ1) is 18.0. The van der Waals surface area contributed by atoms with E-state index in [4.69, 9.17) is 9.47 Å². The molecule has 0 unspecified atom stereocenters. The van der Waals surface area contributed by atoms with Gasteiger partial charge in [0.1, 0.15) is 23.6 Å². The number of methoxy groups -OCH3 is 1. The van der Waals surface area contributed by atoms with Gasteiger partial charge in [-0.2, -0.15) is 5.26 Å². The van der Waals surface area contributed by atoms with Gasteiger partial charge in [0.2, 0.25) is 5.88 Å². The number of nitrogens with zero attached hydrogens (tertiary/aromatic N) is 4. The quantitative estimate of drug-likeness (QED) is 0.338. The average molecular weight is 491 g/mol. The van der Waals surface area contributed by atoms with Crippen LogP contribution in [0.15, 0.2) is 94.8 Å². The van der Waals surface area contributed by atoms with Crippen molar-refractivity contribution in [1.82, 2.24) is 14.1 Å². The summed E-state index contributed by atoms with van der Waals surface area (Å²) in [6, 6.07) is 23.7. The molecule has 0 amide bonds. The van der Waals surface area contributed by atoms with E-state index in [0.29, 0.717) is 22.7 Å². The van der Waals surface area contributed by atoms with Crippen LogP contribution in [0, 0.1) is 18.3 Å². The second kappa shape index (κ2) is 9.84. The minimum absolute atomic E-state index is 0.0186. The van der Waals surface area contributed by atoms with Gasteiger partial charge in [-0.15, -0.1) is 0 Å². The Morgan fingerprint density at radius 1 is 0.946 bits per heavy atom. The van der Waals surface area contributed by atoms with Crippen LogP contribution in [-0.2, 0) is 6.54 Å². The zero-order valence-corrected chi connectivity index (χ0v) is 20.2. The Labute approximate surface area is 212 Å². The summed E-state index contributed by atoms with van der Waals surface area (Å²) >= 11 is 0. The number of nitriles is 1. The minimum Gasteiger partial charge on any atom is -0.497 e. The lowest BCUT2D eigenvalue weighted by atomic mass is 9.99. The first kappa shape index (κ1) is 23.6. The summed E-state index contributed by atoms with van der Waals surface area (Å²) in [6.45, 7) is 1.49. The number of rotatable bonds is 6. The molecule has 5 aromatic rings. The predicted molar refractivity (Wildman–Crippen MR) is 140 cm³/mol. The van der Waals surface area contributed by atoms with Crippen molar-refractivity contribution in [1.29, 1.82) is 5.26 Å². The molecule has 2 heterocycles. The fraction of sp³-hybridized carbons (Fsp3) is 0.103. The Balaban J connectivity index is 1.89. The topological polar surface area (TPSA) is 99.1 Å². The molecule has 8 nitrogen and oxygen atoms in total. The van der Waals surface area contributed by atoms with Crippen molar-refractivity contribution in [3.63, 3.8) is 0 Å². The van der Waals surface area contributed by atoms with Gasteiger partial charge >= 0.3 is 5.69 Å². The Kier molecular flexibility index (Phi) is 6.27. The fourth-order valence-electron chi connectivity index (χ4n) is 4.27. The molecule has 5 rings (SSSR count). The molecule has 0 radical (unpaired) electrons. The van der Waals surface area contributed by atoms with Crippen molar-refractivity contribution in [3.05, 3.63) is 112 Å². The van der Waals surface area contributed by atoms with E-state index in [9.17, 15) is 14.9 Å². The van der Waals surface area contributed by atoms with Gasteiger partial charge in [0.25, 0.3) is 5.56 Å². The van der Waals surface area contributed by atoms with Crippen molar-refractivity contribution in [2.45, 2.75) is 13.5 Å². The molecule has 0 saturated heterocycles. The highest BCUT2D eigenvalue weighted by atomic mass is 16.5. The molecule has 37 heavy (non-hydrogen) atoms. The number of fused-ring (bicyclic) bond motifs is 1. The highest BCUT2D eigenvalue weighted by Gasteiger charge is 2.25. The molecule has 0 aliphatic carbocycles. The summed E-state index contributed by atoms with van der Waals surface area (Å²) in [7, 11) is 1.55. The molecule has 0 aliphatic rings. The highest BCUT2D eigenvalue weighted by molar-refractivity contribution is 5.97. The first-order valence-corrected chi connectivity index (χ1v) is 11.5. The standard InChI is InChI=1S/C29H22N4O4/c1-19-16-21(18-31-17-19)33-27(34)26(25-9-5-7-20-6-3-4-8-24(20)25)28(32(15-14-30)29(33)35)37-23-12-10-22(36-2)11-13-23/h3-13,16-18H,15H2,1-2H3. The van der Waals surface area contributed by atoms with Crippen molar-refractivity contribution in [2.75, 3.05) is 7.11 Å². The Bertz CT molecular complexity index is 1770. The predicted octanol–water partition coefficient (Wildman–Crippen LogP) is 4.85. The van der Waals surface area contributed by atoms with Crippen LogP contribution >= 0.6 is 0 Å². The summed E-state index contributed by atoms with van der Waals surface area (Å²) in [5, 5.41) is 11.3. The van der Waals surface area contributed by atoms with Crippen LogP contribution in [0.25, 0.3) is 27.6 Å². The van der Waals surface area contributed by atoms with Crippen LogP contribution in [-0.4, -0.2) is 21.2 Å². The SMILES string of the molecule is COc1ccc(Oc2c(-c3cccc4ccccc34)c(=O)n(-c3cncc(C)c3)c(=O)n2CC#N)cc1. The van der Waals surface area contributed by atoms with Crippen LogP contribution in [0.1, 0.15) is 5.56 Å². The van der Waals surface area contributed by atoms with Gasteiger partial charge in [0, 0.05) is 11.8 Å². The number of aryl methyl sites for hydroxylation is 1. The van der Waals surface area contributed by atoms with Gasteiger partial charge in [-0.3, -0.25) is 9.78 Å². The highest BCUT2D eigenvalue weighted by Crippen LogP contribution is 2.35. The lowest BCUT2D eigenvalue weighted by Crippen LogP contribution is -2.40. The average Bonchev–Trinajstić information content (AvgIpc) is 2.91. The summed E-state index contributed by atoms with van der Waals surface area (Å²) in [6.07, 6.45) is 3.08. The molecular weight excluding hydrogens is 468 g/mol. The molecule has 0 aliphatic heterocycles. The maximum atomic E-state index is 14.2. The van der Waals surface area contributed by atoms with E-state index in [1.807, 2.05) is 49.4 Å². The minimum atomic E-state index is -0.702. The number of hydrogen-bond acceptors (Lipinski definition) is 6. The Hall–Kier alpha value is -5.16. The van der Waals surface area contributed by atoms with E-state index in [2.05, 4.69) is 4.98 Å². The largest absolute Gasteiger partial charge is 0.497 e. The van der Waals surface area contributed by atoms with Crippen LogP contribution in [0.5, 0.6) is 17.4 Å². The lowest BCUT2D eigenvalue weighted by molar-refractivity contribution is 0.407. The number of ether oxygens (including phenoxy) is 2. The van der Waals surface area contributed by atoms with Crippen molar-refractivity contribution >= 4 is 10.8 Å². The third kappa shape index (κ3) is 4.34. The maximum absolute atomic E-state index is 14.2. The van der Waals surface area contributed by atoms with Gasteiger partial charge in [-0.05, 0) is 53.6 Å². The molecule has 3 aromatic carbocycles.